The van der Waals surface area contributed by atoms with E-state index in [1.54, 1.807) is 0 Å². The highest BCUT2D eigenvalue weighted by atomic mass is 16.5. The Morgan fingerprint density at radius 3 is 2.05 bits per heavy atom. The molecule has 0 aliphatic carbocycles. The van der Waals surface area contributed by atoms with Crippen molar-refractivity contribution < 1.29 is 19.5 Å². The lowest BCUT2D eigenvalue weighted by atomic mass is 10.0. The van der Waals surface area contributed by atoms with Crippen LogP contribution >= 0.6 is 0 Å². The number of ether oxygens (including phenoxy) is 1. The molecule has 0 aromatic heterocycles. The molecule has 0 heterocycles. The van der Waals surface area contributed by atoms with Crippen LogP contribution in [0.3, 0.4) is 0 Å². The van der Waals surface area contributed by atoms with Crippen molar-refractivity contribution in [1.82, 2.24) is 0 Å². The maximum absolute atomic E-state index is 10.6. The summed E-state index contributed by atoms with van der Waals surface area (Å²) in [6.45, 7) is 1.65. The fourth-order valence-electron chi connectivity index (χ4n) is 2.10. The van der Waals surface area contributed by atoms with Crippen molar-refractivity contribution in [2.24, 2.45) is 0 Å². The first-order valence-corrected chi connectivity index (χ1v) is 7.35. The van der Waals surface area contributed by atoms with Gasteiger partial charge in [-0.1, -0.05) is 36.4 Å². The Kier molecular flexibility index (Phi) is 5.55. The van der Waals surface area contributed by atoms with Gasteiger partial charge in [0.1, 0.15) is 18.9 Å². The summed E-state index contributed by atoms with van der Waals surface area (Å²) in [6, 6.07) is 15.4. The van der Waals surface area contributed by atoms with Gasteiger partial charge >= 0.3 is 0 Å². The monoisotopic (exact) mass is 299 g/mol. The van der Waals surface area contributed by atoms with E-state index in [-0.39, 0.29) is 6.42 Å². The lowest BCUT2D eigenvalue weighted by molar-refractivity contribution is -0.858. The van der Waals surface area contributed by atoms with Gasteiger partial charge in [-0.25, -0.2) is 0 Å². The number of rotatable bonds is 7. The Hall–Kier alpha value is -2.33. The normalized spacial score (nSPS) is 10.7. The van der Waals surface area contributed by atoms with E-state index in [0.717, 1.165) is 29.0 Å². The second-order valence-corrected chi connectivity index (χ2v) is 5.58. The maximum atomic E-state index is 10.6. The average Bonchev–Trinajstić information content (AvgIpc) is 2.48. The van der Waals surface area contributed by atoms with E-state index in [9.17, 15) is 9.90 Å². The molecule has 0 radical (unpaired) electrons. The van der Waals surface area contributed by atoms with Crippen LogP contribution in [0.2, 0.25) is 0 Å². The maximum Gasteiger partial charge on any atom is 0.137 e. The van der Waals surface area contributed by atoms with Crippen molar-refractivity contribution in [2.75, 3.05) is 27.2 Å². The summed E-state index contributed by atoms with van der Waals surface area (Å²) in [5.74, 6) is -0.201. The molecule has 116 valence electrons. The number of hydrogen-bond donors (Lipinski definition) is 1. The van der Waals surface area contributed by atoms with Gasteiger partial charge < -0.3 is 19.5 Å². The standard InChI is InChI=1S/C18H21NO3/c1-19(2)11-12-22-17-9-7-16(8-10-17)15-5-3-14(4-6-15)13-18(20)21/h3-10H,11-13H2,1-2H3,(H,20,21). The molecule has 0 fully saturated rings. The molecule has 0 bridgehead atoms. The summed E-state index contributed by atoms with van der Waals surface area (Å²) in [6.07, 6.45) is -0.0546. The van der Waals surface area contributed by atoms with Crippen LogP contribution in [0.1, 0.15) is 5.56 Å². The Balaban J connectivity index is 1.99. The van der Waals surface area contributed by atoms with Crippen molar-refractivity contribution >= 4 is 5.97 Å². The molecule has 0 atom stereocenters. The van der Waals surface area contributed by atoms with E-state index in [4.69, 9.17) is 4.74 Å². The molecule has 0 aliphatic heterocycles. The van der Waals surface area contributed by atoms with Crippen molar-refractivity contribution in [3.8, 4) is 16.9 Å². The van der Waals surface area contributed by atoms with Crippen LogP contribution in [0.4, 0.5) is 0 Å². The van der Waals surface area contributed by atoms with Crippen molar-refractivity contribution in [1.29, 1.82) is 0 Å². The summed E-state index contributed by atoms with van der Waals surface area (Å²) in [4.78, 5) is 11.9. The van der Waals surface area contributed by atoms with Crippen LogP contribution in [0, 0.1) is 0 Å². The number of quaternary nitrogens is 1. The zero-order valence-electron chi connectivity index (χ0n) is 13.0. The van der Waals surface area contributed by atoms with Gasteiger partial charge in [-0.05, 0) is 28.8 Å². The number of aliphatic carboxylic acids is 1. The molecular formula is C18H21NO3. The SMILES string of the molecule is C[NH+](C)CCOc1ccc(-c2ccc(CC(=O)[O-])cc2)cc1. The van der Waals surface area contributed by atoms with Gasteiger partial charge in [0.05, 0.1) is 14.1 Å². The second kappa shape index (κ2) is 7.61. The smallest absolute Gasteiger partial charge is 0.137 e. The minimum absolute atomic E-state index is 0.0546. The number of benzene rings is 2. The number of carboxylic acid groups (broad SMARTS) is 1. The Bertz CT molecular complexity index is 603. The van der Waals surface area contributed by atoms with Crippen LogP contribution in [0.25, 0.3) is 11.1 Å². The molecule has 22 heavy (non-hydrogen) atoms. The molecule has 4 heteroatoms. The highest BCUT2D eigenvalue weighted by Crippen LogP contribution is 2.22. The van der Waals surface area contributed by atoms with Crippen LogP contribution < -0.4 is 14.7 Å². The number of carboxylic acids is 1. The number of carbonyl (C=O) groups excluding carboxylic acids is 1. The van der Waals surface area contributed by atoms with Gasteiger partial charge in [0.25, 0.3) is 0 Å². The Labute approximate surface area is 131 Å². The third-order valence-electron chi connectivity index (χ3n) is 3.36. The van der Waals surface area contributed by atoms with Gasteiger partial charge in [0.2, 0.25) is 0 Å². The van der Waals surface area contributed by atoms with Gasteiger partial charge in [0.15, 0.2) is 0 Å². The van der Waals surface area contributed by atoms with Gasteiger partial charge in [-0.3, -0.25) is 0 Å². The molecule has 1 N–H and O–H groups in total. The lowest BCUT2D eigenvalue weighted by Gasteiger charge is -2.10. The predicted octanol–water partition coefficient (Wildman–Crippen LogP) is 0.169. The highest BCUT2D eigenvalue weighted by molar-refractivity contribution is 5.69. The second-order valence-electron chi connectivity index (χ2n) is 5.58. The molecule has 0 spiro atoms. The number of hydrogen-bond acceptors (Lipinski definition) is 3. The van der Waals surface area contributed by atoms with E-state index < -0.39 is 5.97 Å². The minimum atomic E-state index is -1.06. The quantitative estimate of drug-likeness (QED) is 0.793. The van der Waals surface area contributed by atoms with E-state index in [1.807, 2.05) is 48.5 Å². The van der Waals surface area contributed by atoms with Gasteiger partial charge in [-0.2, -0.15) is 0 Å². The predicted molar refractivity (Wildman–Crippen MR) is 83.8 cm³/mol. The summed E-state index contributed by atoms with van der Waals surface area (Å²) in [7, 11) is 4.19. The third kappa shape index (κ3) is 4.90. The average molecular weight is 299 g/mol. The van der Waals surface area contributed by atoms with Crippen LogP contribution in [0.15, 0.2) is 48.5 Å². The molecule has 2 aromatic carbocycles. The number of carbonyl (C=O) groups is 1. The Morgan fingerprint density at radius 2 is 1.55 bits per heavy atom. The van der Waals surface area contributed by atoms with Crippen molar-refractivity contribution in [3.63, 3.8) is 0 Å². The summed E-state index contributed by atoms with van der Waals surface area (Å²) in [5, 5.41) is 10.6. The van der Waals surface area contributed by atoms with Crippen LogP contribution in [-0.4, -0.2) is 33.2 Å². The van der Waals surface area contributed by atoms with Crippen LogP contribution in [0.5, 0.6) is 5.75 Å². The van der Waals surface area contributed by atoms with Gasteiger partial charge in [-0.15, -0.1) is 0 Å². The van der Waals surface area contributed by atoms with E-state index in [2.05, 4.69) is 14.1 Å². The highest BCUT2D eigenvalue weighted by Gasteiger charge is 2.01. The summed E-state index contributed by atoms with van der Waals surface area (Å²) >= 11 is 0. The molecule has 2 rings (SSSR count). The zero-order valence-corrected chi connectivity index (χ0v) is 13.0. The van der Waals surface area contributed by atoms with Crippen molar-refractivity contribution in [3.05, 3.63) is 54.1 Å². The lowest BCUT2D eigenvalue weighted by Crippen LogP contribution is -3.06. The molecule has 2 aromatic rings. The van der Waals surface area contributed by atoms with E-state index in [0.29, 0.717) is 6.61 Å². The molecule has 4 nitrogen and oxygen atoms in total. The molecule has 0 saturated heterocycles. The molecule has 0 amide bonds. The van der Waals surface area contributed by atoms with Crippen LogP contribution in [-0.2, 0) is 11.2 Å². The number of nitrogens with one attached hydrogen (secondary N) is 1. The minimum Gasteiger partial charge on any atom is -0.550 e. The van der Waals surface area contributed by atoms with E-state index in [1.165, 1.54) is 4.90 Å². The Morgan fingerprint density at radius 1 is 1.00 bits per heavy atom. The summed E-state index contributed by atoms with van der Waals surface area (Å²) in [5.41, 5.74) is 2.87. The fraction of sp³-hybridized carbons (Fsp3) is 0.278. The molecular weight excluding hydrogens is 278 g/mol. The first-order valence-electron chi connectivity index (χ1n) is 7.35. The first kappa shape index (κ1) is 16.0. The number of likely N-dealkylation sites (N-methyl/N-ethyl adjacent to an activating group) is 1. The largest absolute Gasteiger partial charge is 0.550 e. The van der Waals surface area contributed by atoms with Gasteiger partial charge in [0, 0.05) is 12.4 Å². The fourth-order valence-corrected chi connectivity index (χ4v) is 2.10. The molecule has 0 unspecified atom stereocenters. The third-order valence-corrected chi connectivity index (χ3v) is 3.36. The molecule has 0 saturated carbocycles. The zero-order chi connectivity index (χ0) is 15.9. The van der Waals surface area contributed by atoms with E-state index >= 15 is 0 Å². The van der Waals surface area contributed by atoms with Crippen molar-refractivity contribution in [2.45, 2.75) is 6.42 Å². The first-order chi connectivity index (χ1) is 10.5. The summed E-state index contributed by atoms with van der Waals surface area (Å²) < 4.78 is 5.68. The molecule has 0 aliphatic rings. The topological polar surface area (TPSA) is 53.8 Å².